The van der Waals surface area contributed by atoms with Gasteiger partial charge in [0.05, 0.1) is 5.69 Å². The second-order valence-corrected chi connectivity index (χ2v) is 14.8. The maximum atomic E-state index is 5.09. The largest absolute Gasteiger partial charge is 0.264 e. The highest BCUT2D eigenvalue weighted by Crippen LogP contribution is 2.40. The van der Waals surface area contributed by atoms with Crippen LogP contribution in [0.15, 0.2) is 213 Å². The minimum absolute atomic E-state index is 0.932. The molecule has 0 aliphatic rings. The predicted molar refractivity (Wildman–Crippen MR) is 240 cm³/mol. The van der Waals surface area contributed by atoms with Crippen molar-refractivity contribution in [3.05, 3.63) is 235 Å². The van der Waals surface area contributed by atoms with Crippen molar-refractivity contribution >= 4 is 0 Å². The summed E-state index contributed by atoms with van der Waals surface area (Å²) in [5.41, 5.74) is 19.0. The smallest absolute Gasteiger partial charge is 0.0708 e. The molecule has 0 N–H and O–H groups in total. The SMILES string of the molecule is c1ccc(-c2ccc(-c3ccc(-c4cc(-c5ccccc5)ncc4-c4ccccc4-c4cc(CCc5cccnc5)cc(CCc5cccnc5)c4)cc3)cc2)cc1. The molecule has 0 atom stereocenters. The summed E-state index contributed by atoms with van der Waals surface area (Å²) < 4.78 is 0. The van der Waals surface area contributed by atoms with Crippen molar-refractivity contribution in [2.75, 3.05) is 0 Å². The normalized spacial score (nSPS) is 11.0. The predicted octanol–water partition coefficient (Wildman–Crippen LogP) is 13.4. The van der Waals surface area contributed by atoms with Crippen molar-refractivity contribution in [3.8, 4) is 66.9 Å². The van der Waals surface area contributed by atoms with Gasteiger partial charge in [-0.2, -0.15) is 0 Å². The third kappa shape index (κ3) is 8.45. The van der Waals surface area contributed by atoms with Crippen LogP contribution in [0.5, 0.6) is 0 Å². The Morgan fingerprint density at radius 2 is 0.741 bits per heavy atom. The molecule has 3 heterocycles. The van der Waals surface area contributed by atoms with Gasteiger partial charge in [0, 0.05) is 42.1 Å². The first-order chi connectivity index (χ1) is 28.7. The molecular weight excluding hydrogens is 703 g/mol. The molecule has 0 aliphatic carbocycles. The van der Waals surface area contributed by atoms with E-state index < -0.39 is 0 Å². The van der Waals surface area contributed by atoms with Gasteiger partial charge in [-0.1, -0.05) is 164 Å². The topological polar surface area (TPSA) is 38.7 Å². The summed E-state index contributed by atoms with van der Waals surface area (Å²) in [4.78, 5) is 13.8. The number of nitrogens with zero attached hydrogens (tertiary/aromatic N) is 3. The molecule has 3 nitrogen and oxygen atoms in total. The van der Waals surface area contributed by atoms with Crippen LogP contribution in [0.1, 0.15) is 22.3 Å². The average molecular weight is 746 g/mol. The van der Waals surface area contributed by atoms with E-state index in [1.165, 1.54) is 55.6 Å². The number of aryl methyl sites for hydroxylation is 4. The van der Waals surface area contributed by atoms with Crippen LogP contribution in [-0.4, -0.2) is 15.0 Å². The molecule has 58 heavy (non-hydrogen) atoms. The van der Waals surface area contributed by atoms with Gasteiger partial charge in [-0.25, -0.2) is 0 Å². The third-order valence-electron chi connectivity index (χ3n) is 10.9. The zero-order valence-corrected chi connectivity index (χ0v) is 32.4. The molecule has 0 saturated heterocycles. The highest BCUT2D eigenvalue weighted by Gasteiger charge is 2.17. The standard InChI is InChI=1S/C55H43N3/c1-3-13-44(14-4-1)45-23-25-46(26-24-45)47-27-29-48(30-28-47)53-36-55(49-15-5-2-6-16-49)58-39-54(53)52-18-8-7-17-51(52)50-34-42(21-19-40-11-9-31-56-37-40)33-43(35-50)22-20-41-12-10-32-57-38-41/h1-18,23-39H,19-22H2. The molecule has 0 bridgehead atoms. The minimum Gasteiger partial charge on any atom is -0.264 e. The lowest BCUT2D eigenvalue weighted by molar-refractivity contribution is 0.923. The van der Waals surface area contributed by atoms with E-state index in [1.807, 2.05) is 36.9 Å². The van der Waals surface area contributed by atoms with Crippen LogP contribution in [0.4, 0.5) is 0 Å². The van der Waals surface area contributed by atoms with E-state index in [0.29, 0.717) is 0 Å². The zero-order chi connectivity index (χ0) is 38.9. The summed E-state index contributed by atoms with van der Waals surface area (Å²) in [6, 6.07) is 65.4. The second-order valence-electron chi connectivity index (χ2n) is 14.8. The molecule has 0 saturated carbocycles. The highest BCUT2D eigenvalue weighted by atomic mass is 14.7. The zero-order valence-electron chi connectivity index (χ0n) is 32.4. The quantitative estimate of drug-likeness (QED) is 0.125. The first-order valence-corrected chi connectivity index (χ1v) is 20.1. The molecule has 0 fully saturated rings. The van der Waals surface area contributed by atoms with Gasteiger partial charge in [-0.15, -0.1) is 0 Å². The maximum Gasteiger partial charge on any atom is 0.0708 e. The van der Waals surface area contributed by atoms with Crippen LogP contribution in [-0.2, 0) is 25.7 Å². The lowest BCUT2D eigenvalue weighted by Crippen LogP contribution is -1.98. The van der Waals surface area contributed by atoms with E-state index in [1.54, 1.807) is 0 Å². The Bertz CT molecular complexity index is 2670. The van der Waals surface area contributed by atoms with Gasteiger partial charge >= 0.3 is 0 Å². The second kappa shape index (κ2) is 17.3. The number of hydrogen-bond acceptors (Lipinski definition) is 3. The van der Waals surface area contributed by atoms with E-state index in [2.05, 4.69) is 186 Å². The van der Waals surface area contributed by atoms with Crippen molar-refractivity contribution in [3.63, 3.8) is 0 Å². The van der Waals surface area contributed by atoms with Gasteiger partial charge in [-0.05, 0) is 116 Å². The van der Waals surface area contributed by atoms with Crippen molar-refractivity contribution < 1.29 is 0 Å². The van der Waals surface area contributed by atoms with E-state index in [9.17, 15) is 0 Å². The van der Waals surface area contributed by atoms with Gasteiger partial charge in [0.1, 0.15) is 0 Å². The van der Waals surface area contributed by atoms with Crippen LogP contribution in [0.25, 0.3) is 66.9 Å². The summed E-state index contributed by atoms with van der Waals surface area (Å²) in [7, 11) is 0. The van der Waals surface area contributed by atoms with Crippen molar-refractivity contribution in [2.45, 2.75) is 25.7 Å². The van der Waals surface area contributed by atoms with Crippen LogP contribution in [0.2, 0.25) is 0 Å². The highest BCUT2D eigenvalue weighted by molar-refractivity contribution is 5.93. The average Bonchev–Trinajstić information content (AvgIpc) is 3.31. The van der Waals surface area contributed by atoms with E-state index >= 15 is 0 Å². The van der Waals surface area contributed by atoms with Crippen LogP contribution < -0.4 is 0 Å². The Balaban J connectivity index is 1.10. The molecule has 0 amide bonds. The van der Waals surface area contributed by atoms with Gasteiger partial charge in [-0.3, -0.25) is 15.0 Å². The van der Waals surface area contributed by atoms with Crippen LogP contribution in [0, 0.1) is 0 Å². The van der Waals surface area contributed by atoms with Crippen LogP contribution in [0.3, 0.4) is 0 Å². The first kappa shape index (κ1) is 36.4. The molecule has 9 aromatic rings. The minimum atomic E-state index is 0.932. The lowest BCUT2D eigenvalue weighted by Gasteiger charge is -2.18. The Kier molecular flexibility index (Phi) is 10.8. The molecule has 6 aromatic carbocycles. The van der Waals surface area contributed by atoms with E-state index in [4.69, 9.17) is 4.98 Å². The van der Waals surface area contributed by atoms with Crippen molar-refractivity contribution in [1.82, 2.24) is 15.0 Å². The fourth-order valence-corrected chi connectivity index (χ4v) is 7.85. The lowest BCUT2D eigenvalue weighted by atomic mass is 9.87. The summed E-state index contributed by atoms with van der Waals surface area (Å²) in [6.45, 7) is 0. The first-order valence-electron chi connectivity index (χ1n) is 20.1. The molecule has 0 aliphatic heterocycles. The maximum absolute atomic E-state index is 5.09. The molecule has 0 radical (unpaired) electrons. The van der Waals surface area contributed by atoms with Gasteiger partial charge in [0.15, 0.2) is 0 Å². The Morgan fingerprint density at radius 1 is 0.276 bits per heavy atom. The number of rotatable bonds is 12. The molecular formula is C55H43N3. The Labute approximate surface area is 341 Å². The third-order valence-corrected chi connectivity index (χ3v) is 10.9. The number of hydrogen-bond donors (Lipinski definition) is 0. The monoisotopic (exact) mass is 745 g/mol. The number of aromatic nitrogens is 3. The fourth-order valence-electron chi connectivity index (χ4n) is 7.85. The molecule has 0 spiro atoms. The molecule has 3 heteroatoms. The summed E-state index contributed by atoms with van der Waals surface area (Å²) >= 11 is 0. The van der Waals surface area contributed by atoms with E-state index in [0.717, 1.165) is 59.2 Å². The Hall–Kier alpha value is -7.23. The van der Waals surface area contributed by atoms with E-state index in [-0.39, 0.29) is 0 Å². The Morgan fingerprint density at radius 3 is 1.28 bits per heavy atom. The molecule has 3 aromatic heterocycles. The summed E-state index contributed by atoms with van der Waals surface area (Å²) in [6.07, 6.45) is 13.4. The van der Waals surface area contributed by atoms with Gasteiger partial charge in [0.25, 0.3) is 0 Å². The van der Waals surface area contributed by atoms with Gasteiger partial charge in [0.2, 0.25) is 0 Å². The summed E-state index contributed by atoms with van der Waals surface area (Å²) in [5.74, 6) is 0. The number of pyridine rings is 3. The van der Waals surface area contributed by atoms with Crippen molar-refractivity contribution in [2.24, 2.45) is 0 Å². The molecule has 0 unspecified atom stereocenters. The van der Waals surface area contributed by atoms with Crippen LogP contribution >= 0.6 is 0 Å². The van der Waals surface area contributed by atoms with Crippen molar-refractivity contribution in [1.29, 1.82) is 0 Å². The summed E-state index contributed by atoms with van der Waals surface area (Å²) in [5, 5.41) is 0. The fraction of sp³-hybridized carbons (Fsp3) is 0.0727. The van der Waals surface area contributed by atoms with Gasteiger partial charge < -0.3 is 0 Å². The number of benzene rings is 6. The molecule has 9 rings (SSSR count). The molecule has 278 valence electrons.